The maximum Gasteiger partial charge on any atom is 0.436 e. The number of fused-ring (bicyclic) bond motifs is 1. The minimum Gasteiger partial charge on any atom is -0.478 e. The van der Waals surface area contributed by atoms with Crippen LogP contribution in [0.15, 0.2) is 66.7 Å². The van der Waals surface area contributed by atoms with Crippen LogP contribution in [0.25, 0.3) is 10.9 Å². The number of nitrogens with one attached hydrogen (secondary N) is 1. The van der Waals surface area contributed by atoms with E-state index < -0.39 is 18.2 Å². The Morgan fingerprint density at radius 2 is 1.69 bits per heavy atom. The number of benzene rings is 3. The fourth-order valence-corrected chi connectivity index (χ4v) is 4.97. The Balaban J connectivity index is 1.56. The highest BCUT2D eigenvalue weighted by atomic mass is 19.4. The number of hydrogen-bond acceptors (Lipinski definition) is 3. The zero-order valence-corrected chi connectivity index (χ0v) is 24.5. The number of aliphatic carboxylic acids is 1. The molecule has 1 aromatic heterocycles. The molecule has 2 atom stereocenters. The molecule has 4 rings (SSSR count). The fraction of sp³-hybridized carbons (Fsp3) is 0.333. The minimum absolute atomic E-state index is 0.00875. The molecule has 1 unspecified atom stereocenters. The van der Waals surface area contributed by atoms with Crippen LogP contribution in [0.5, 0.6) is 5.75 Å². The van der Waals surface area contributed by atoms with E-state index in [0.29, 0.717) is 17.5 Å². The molecule has 4 aromatic rings. The summed E-state index contributed by atoms with van der Waals surface area (Å²) in [4.78, 5) is 24.3. The van der Waals surface area contributed by atoms with Gasteiger partial charge in [0, 0.05) is 29.2 Å². The summed E-state index contributed by atoms with van der Waals surface area (Å²) in [6.07, 6.45) is -7.63. The molecule has 3 aromatic carbocycles. The van der Waals surface area contributed by atoms with Crippen LogP contribution in [0.3, 0.4) is 0 Å². The lowest BCUT2D eigenvalue weighted by atomic mass is 9.85. The standard InChI is InChI=1S/C33H35F3N2O4/c1-19(22-10-8-11-24(17-22)32(3,4)5)37-30(39)23-13-14-26-27(20(2)38(6)28(26)18-23)16-21-9-7-12-25(15-21)42-29(31(40)41)33(34,35)36/h7-15,17-19,29H,16H2,1-6H3,(H,37,39)(H,40,41)/t19-,29?/m0/s1. The number of aryl methyl sites for hydroxylation is 1. The topological polar surface area (TPSA) is 80.6 Å². The number of ether oxygens (including phenoxy) is 1. The third kappa shape index (κ3) is 6.61. The van der Waals surface area contributed by atoms with Gasteiger partial charge in [0.1, 0.15) is 5.75 Å². The molecule has 1 amide bonds. The van der Waals surface area contributed by atoms with E-state index >= 15 is 0 Å². The third-order valence-corrected chi connectivity index (χ3v) is 7.54. The van der Waals surface area contributed by atoms with Crippen molar-refractivity contribution in [2.75, 3.05) is 0 Å². The maximum absolute atomic E-state index is 13.2. The molecule has 0 spiro atoms. The van der Waals surface area contributed by atoms with Crippen LogP contribution in [0.4, 0.5) is 13.2 Å². The predicted molar refractivity (Wildman–Crippen MR) is 156 cm³/mol. The summed E-state index contributed by atoms with van der Waals surface area (Å²) >= 11 is 0. The summed E-state index contributed by atoms with van der Waals surface area (Å²) in [6, 6.07) is 19.5. The van der Waals surface area contributed by atoms with Gasteiger partial charge in [-0.2, -0.15) is 13.2 Å². The number of carboxylic acid groups (broad SMARTS) is 1. The second-order valence-electron chi connectivity index (χ2n) is 11.6. The monoisotopic (exact) mass is 580 g/mol. The van der Waals surface area contributed by atoms with Gasteiger partial charge >= 0.3 is 12.1 Å². The molecule has 0 radical (unpaired) electrons. The molecule has 2 N–H and O–H groups in total. The van der Waals surface area contributed by atoms with Crippen LogP contribution in [0.2, 0.25) is 0 Å². The third-order valence-electron chi connectivity index (χ3n) is 7.54. The van der Waals surface area contributed by atoms with E-state index in [0.717, 1.165) is 27.7 Å². The van der Waals surface area contributed by atoms with E-state index in [4.69, 9.17) is 9.84 Å². The van der Waals surface area contributed by atoms with E-state index in [1.165, 1.54) is 23.8 Å². The molecule has 0 saturated heterocycles. The summed E-state index contributed by atoms with van der Waals surface area (Å²) in [6.45, 7) is 10.3. The number of aromatic nitrogens is 1. The zero-order valence-electron chi connectivity index (χ0n) is 24.5. The summed E-state index contributed by atoms with van der Waals surface area (Å²) in [5, 5.41) is 13.0. The molecular weight excluding hydrogens is 545 g/mol. The molecule has 9 heteroatoms. The van der Waals surface area contributed by atoms with E-state index in [1.807, 2.05) is 49.7 Å². The van der Waals surface area contributed by atoms with Gasteiger partial charge in [-0.15, -0.1) is 0 Å². The van der Waals surface area contributed by atoms with Gasteiger partial charge in [-0.25, -0.2) is 4.79 Å². The molecule has 0 saturated carbocycles. The number of alkyl halides is 3. The SMILES string of the molecule is Cc1c(Cc2cccc(OC(C(=O)O)C(F)(F)F)c2)c2ccc(C(=O)N[C@@H](C)c3cccc(C(C)(C)C)c3)cc2n1C. The molecule has 0 fully saturated rings. The summed E-state index contributed by atoms with van der Waals surface area (Å²) < 4.78 is 46.1. The van der Waals surface area contributed by atoms with Crippen molar-refractivity contribution >= 4 is 22.8 Å². The first-order valence-corrected chi connectivity index (χ1v) is 13.6. The highest BCUT2D eigenvalue weighted by Gasteiger charge is 2.47. The highest BCUT2D eigenvalue weighted by molar-refractivity contribution is 5.99. The average molecular weight is 581 g/mol. The largest absolute Gasteiger partial charge is 0.478 e. The second-order valence-corrected chi connectivity index (χ2v) is 11.6. The first-order valence-electron chi connectivity index (χ1n) is 13.6. The number of carboxylic acids is 1. The Morgan fingerprint density at radius 3 is 2.33 bits per heavy atom. The van der Waals surface area contributed by atoms with E-state index in [2.05, 4.69) is 38.2 Å². The van der Waals surface area contributed by atoms with Crippen LogP contribution in [-0.2, 0) is 23.7 Å². The normalized spacial score (nSPS) is 13.5. The molecule has 1 heterocycles. The summed E-state index contributed by atoms with van der Waals surface area (Å²) in [5.74, 6) is -2.49. The molecule has 0 bridgehead atoms. The number of carbonyl (C=O) groups is 2. The number of amides is 1. The van der Waals surface area contributed by atoms with Gasteiger partial charge in [0.2, 0.25) is 0 Å². The Bertz CT molecular complexity index is 1630. The highest BCUT2D eigenvalue weighted by Crippen LogP contribution is 2.31. The average Bonchev–Trinajstić information content (AvgIpc) is 3.15. The van der Waals surface area contributed by atoms with Crippen LogP contribution in [-0.4, -0.2) is 33.8 Å². The van der Waals surface area contributed by atoms with Crippen LogP contribution < -0.4 is 10.1 Å². The van der Waals surface area contributed by atoms with E-state index in [-0.39, 0.29) is 23.1 Å². The van der Waals surface area contributed by atoms with Crippen LogP contribution in [0.1, 0.15) is 72.0 Å². The van der Waals surface area contributed by atoms with Crippen LogP contribution >= 0.6 is 0 Å². The summed E-state index contributed by atoms with van der Waals surface area (Å²) in [7, 11) is 1.89. The minimum atomic E-state index is -5.05. The van der Waals surface area contributed by atoms with Gasteiger partial charge in [0.05, 0.1) is 6.04 Å². The molecule has 6 nitrogen and oxygen atoms in total. The quantitative estimate of drug-likeness (QED) is 0.230. The smallest absolute Gasteiger partial charge is 0.436 e. The molecule has 0 aliphatic rings. The van der Waals surface area contributed by atoms with Gasteiger partial charge < -0.3 is 19.7 Å². The number of rotatable bonds is 8. The number of nitrogens with zero attached hydrogens (tertiary/aromatic N) is 1. The van der Waals surface area contributed by atoms with Gasteiger partial charge in [0.25, 0.3) is 12.0 Å². The molecular formula is C33H35F3N2O4. The Labute approximate surface area is 243 Å². The number of hydrogen-bond donors (Lipinski definition) is 2. The molecule has 0 aliphatic heterocycles. The van der Waals surface area contributed by atoms with Crippen molar-refractivity contribution < 1.29 is 32.6 Å². The molecule has 222 valence electrons. The molecule has 42 heavy (non-hydrogen) atoms. The van der Waals surface area contributed by atoms with Gasteiger partial charge in [-0.1, -0.05) is 63.2 Å². The zero-order chi connectivity index (χ0) is 31.0. The molecule has 0 aliphatic carbocycles. The van der Waals surface area contributed by atoms with E-state index in [9.17, 15) is 22.8 Å². The Kier molecular flexibility index (Phi) is 8.43. The van der Waals surface area contributed by atoms with Crippen LogP contribution in [0, 0.1) is 6.92 Å². The van der Waals surface area contributed by atoms with E-state index in [1.54, 1.807) is 12.1 Å². The van der Waals surface area contributed by atoms with Crippen molar-refractivity contribution in [2.45, 2.75) is 64.8 Å². The lowest BCUT2D eigenvalue weighted by Crippen LogP contribution is -2.41. The predicted octanol–water partition coefficient (Wildman–Crippen LogP) is 7.26. The second kappa shape index (κ2) is 11.5. The van der Waals surface area contributed by atoms with Gasteiger partial charge in [-0.05, 0) is 72.2 Å². The van der Waals surface area contributed by atoms with Crippen molar-refractivity contribution in [1.29, 1.82) is 0 Å². The Hall–Kier alpha value is -4.27. The van der Waals surface area contributed by atoms with Crippen molar-refractivity contribution in [3.05, 3.63) is 100 Å². The lowest BCUT2D eigenvalue weighted by molar-refractivity contribution is -0.207. The van der Waals surface area contributed by atoms with Crippen molar-refractivity contribution in [1.82, 2.24) is 9.88 Å². The summed E-state index contributed by atoms with van der Waals surface area (Å²) in [5.41, 5.74) is 6.07. The van der Waals surface area contributed by atoms with Gasteiger partial charge in [-0.3, -0.25) is 4.79 Å². The fourth-order valence-electron chi connectivity index (χ4n) is 4.97. The first kappa shape index (κ1) is 30.7. The first-order chi connectivity index (χ1) is 19.6. The lowest BCUT2D eigenvalue weighted by Gasteiger charge is -2.22. The van der Waals surface area contributed by atoms with Crippen molar-refractivity contribution in [3.8, 4) is 5.75 Å². The van der Waals surface area contributed by atoms with Gasteiger partial charge in [0.15, 0.2) is 0 Å². The number of carbonyl (C=O) groups excluding carboxylic acids is 1. The van der Waals surface area contributed by atoms with Crippen molar-refractivity contribution in [3.63, 3.8) is 0 Å². The Morgan fingerprint density at radius 1 is 1.00 bits per heavy atom. The number of halogens is 3. The maximum atomic E-state index is 13.2. The van der Waals surface area contributed by atoms with Crippen molar-refractivity contribution in [2.24, 2.45) is 7.05 Å².